The minimum Gasteiger partial charge on any atom is -0.192 e. The van der Waals surface area contributed by atoms with E-state index in [4.69, 9.17) is 0 Å². The number of hydrogen-bond acceptors (Lipinski definition) is 1. The molecule has 3 rings (SSSR count). The highest BCUT2D eigenvalue weighted by atomic mass is 79.9. The van der Waals surface area contributed by atoms with Crippen LogP contribution in [0.15, 0.2) is 63.5 Å². The smallest absolute Gasteiger partial charge is 0.0998 e. The van der Waals surface area contributed by atoms with Gasteiger partial charge in [-0.15, -0.1) is 0 Å². The molecule has 0 aromatic heterocycles. The quantitative estimate of drug-likeness (QED) is 0.510. The number of halogens is 2. The largest absolute Gasteiger partial charge is 0.192 e. The fourth-order valence-electron chi connectivity index (χ4n) is 2.27. The number of hydrogen-bond donors (Lipinski definition) is 0. The zero-order chi connectivity index (χ0) is 14.1. The van der Waals surface area contributed by atoms with Gasteiger partial charge in [0.2, 0.25) is 0 Å². The molecule has 1 nitrogen and oxygen atoms in total. The van der Waals surface area contributed by atoms with E-state index in [0.717, 1.165) is 30.8 Å². The molecule has 96 valence electrons. The first kappa shape index (κ1) is 13.4. The fourth-order valence-corrected chi connectivity index (χ4v) is 3.19. The Balaban J connectivity index is 2.39. The van der Waals surface area contributed by atoms with Crippen LogP contribution >= 0.6 is 31.9 Å². The van der Waals surface area contributed by atoms with E-state index in [9.17, 15) is 5.26 Å². The maximum absolute atomic E-state index is 9.42. The number of fused-ring (bicyclic) bond motifs is 1. The molecule has 0 saturated carbocycles. The lowest BCUT2D eigenvalue weighted by Crippen LogP contribution is -1.87. The van der Waals surface area contributed by atoms with E-state index >= 15 is 0 Å². The van der Waals surface area contributed by atoms with Gasteiger partial charge in [0.25, 0.3) is 0 Å². The van der Waals surface area contributed by atoms with Gasteiger partial charge in [0, 0.05) is 14.5 Å². The lowest BCUT2D eigenvalue weighted by molar-refractivity contribution is 1.49. The summed E-state index contributed by atoms with van der Waals surface area (Å²) in [4.78, 5) is 0. The summed E-state index contributed by atoms with van der Waals surface area (Å²) in [5, 5.41) is 11.6. The molecule has 0 fully saturated rings. The minimum atomic E-state index is 0.683. The molecule has 0 unspecified atom stereocenters. The Labute approximate surface area is 134 Å². The van der Waals surface area contributed by atoms with E-state index in [0.29, 0.717) is 5.56 Å². The summed E-state index contributed by atoms with van der Waals surface area (Å²) in [5.74, 6) is 0. The Bertz CT molecular complexity index is 833. The molecule has 0 bridgehead atoms. The maximum Gasteiger partial charge on any atom is 0.0998 e. The van der Waals surface area contributed by atoms with E-state index < -0.39 is 0 Å². The number of benzene rings is 3. The van der Waals surface area contributed by atoms with E-state index in [1.165, 1.54) is 0 Å². The molecule has 0 atom stereocenters. The number of nitriles is 1. The van der Waals surface area contributed by atoms with E-state index in [1.54, 1.807) is 0 Å². The molecule has 0 aliphatic rings. The monoisotopic (exact) mass is 385 g/mol. The van der Waals surface area contributed by atoms with Crippen molar-refractivity contribution in [2.45, 2.75) is 0 Å². The van der Waals surface area contributed by atoms with Gasteiger partial charge in [-0.2, -0.15) is 5.26 Å². The summed E-state index contributed by atoms with van der Waals surface area (Å²) in [5.41, 5.74) is 2.69. The van der Waals surface area contributed by atoms with Gasteiger partial charge in [-0.3, -0.25) is 0 Å². The van der Waals surface area contributed by atoms with Crippen molar-refractivity contribution in [1.29, 1.82) is 5.26 Å². The fraction of sp³-hybridized carbons (Fsp3) is 0. The third-order valence-electron chi connectivity index (χ3n) is 3.25. The molecule has 0 aliphatic carbocycles. The van der Waals surface area contributed by atoms with E-state index in [-0.39, 0.29) is 0 Å². The second-order valence-corrected chi connectivity index (χ2v) is 6.16. The van der Waals surface area contributed by atoms with Crippen molar-refractivity contribution in [3.8, 4) is 17.2 Å². The first-order valence-corrected chi connectivity index (χ1v) is 7.66. The molecular formula is C17H9Br2N. The van der Waals surface area contributed by atoms with Crippen molar-refractivity contribution in [2.75, 3.05) is 0 Å². The number of nitrogens with zero attached hydrogens (tertiary/aromatic N) is 1. The van der Waals surface area contributed by atoms with Crippen molar-refractivity contribution in [3.63, 3.8) is 0 Å². The van der Waals surface area contributed by atoms with E-state index in [1.807, 2.05) is 48.5 Å². The van der Waals surface area contributed by atoms with Crippen LogP contribution in [0.3, 0.4) is 0 Å². The zero-order valence-electron chi connectivity index (χ0n) is 10.4. The minimum absolute atomic E-state index is 0.683. The van der Waals surface area contributed by atoms with Crippen molar-refractivity contribution >= 4 is 42.6 Å². The van der Waals surface area contributed by atoms with Crippen molar-refractivity contribution in [1.82, 2.24) is 0 Å². The Kier molecular flexibility index (Phi) is 3.60. The Hall–Kier alpha value is -1.63. The summed E-state index contributed by atoms with van der Waals surface area (Å²) >= 11 is 7.13. The molecule has 0 saturated heterocycles. The molecule has 3 aromatic carbocycles. The van der Waals surface area contributed by atoms with Gasteiger partial charge in [0.15, 0.2) is 0 Å². The molecule has 3 heteroatoms. The summed E-state index contributed by atoms with van der Waals surface area (Å²) in [6.45, 7) is 0. The average molecular weight is 387 g/mol. The summed E-state index contributed by atoms with van der Waals surface area (Å²) in [6.07, 6.45) is 0. The molecular weight excluding hydrogens is 378 g/mol. The summed E-state index contributed by atoms with van der Waals surface area (Å²) < 4.78 is 2.02. The molecule has 0 aliphatic heterocycles. The van der Waals surface area contributed by atoms with Crippen molar-refractivity contribution in [2.24, 2.45) is 0 Å². The first-order chi connectivity index (χ1) is 9.70. The van der Waals surface area contributed by atoms with Crippen molar-refractivity contribution < 1.29 is 0 Å². The predicted molar refractivity (Wildman–Crippen MR) is 89.5 cm³/mol. The second-order valence-electron chi connectivity index (χ2n) is 4.45. The molecule has 3 aromatic rings. The normalized spacial score (nSPS) is 10.4. The summed E-state index contributed by atoms with van der Waals surface area (Å²) in [7, 11) is 0. The topological polar surface area (TPSA) is 23.8 Å². The van der Waals surface area contributed by atoms with Crippen LogP contribution in [0.5, 0.6) is 0 Å². The van der Waals surface area contributed by atoms with Crippen molar-refractivity contribution in [3.05, 3.63) is 69.1 Å². The summed E-state index contributed by atoms with van der Waals surface area (Å²) in [6, 6.07) is 20.3. The van der Waals surface area contributed by atoms with Crippen LogP contribution in [-0.4, -0.2) is 0 Å². The predicted octanol–water partition coefficient (Wildman–Crippen LogP) is 5.90. The van der Waals surface area contributed by atoms with Gasteiger partial charge in [-0.05, 0) is 40.6 Å². The van der Waals surface area contributed by atoms with Gasteiger partial charge in [0.1, 0.15) is 0 Å². The van der Waals surface area contributed by atoms with Gasteiger partial charge in [-0.1, -0.05) is 62.2 Å². The van der Waals surface area contributed by atoms with Gasteiger partial charge >= 0.3 is 0 Å². The standard InChI is InChI=1S/C17H9Br2N/c18-16-6-7-17(19)15-9-13(11-4-2-1-3-5-11)12(10-20)8-14(15)16/h1-9H. The Morgan fingerprint density at radius 2 is 1.40 bits per heavy atom. The molecule has 0 amide bonds. The Morgan fingerprint density at radius 1 is 0.800 bits per heavy atom. The SMILES string of the molecule is N#Cc1cc2c(Br)ccc(Br)c2cc1-c1ccccc1. The Morgan fingerprint density at radius 3 is 2.00 bits per heavy atom. The highest BCUT2D eigenvalue weighted by molar-refractivity contribution is 9.11. The molecule has 0 spiro atoms. The number of rotatable bonds is 1. The van der Waals surface area contributed by atoms with Gasteiger partial charge in [0.05, 0.1) is 11.6 Å². The molecule has 0 N–H and O–H groups in total. The zero-order valence-corrected chi connectivity index (χ0v) is 13.6. The first-order valence-electron chi connectivity index (χ1n) is 6.08. The van der Waals surface area contributed by atoms with Crippen LogP contribution in [0.1, 0.15) is 5.56 Å². The van der Waals surface area contributed by atoms with Gasteiger partial charge < -0.3 is 0 Å². The van der Waals surface area contributed by atoms with Crippen LogP contribution in [-0.2, 0) is 0 Å². The van der Waals surface area contributed by atoms with Crippen LogP contribution in [0, 0.1) is 11.3 Å². The molecule has 20 heavy (non-hydrogen) atoms. The maximum atomic E-state index is 9.42. The molecule has 0 radical (unpaired) electrons. The van der Waals surface area contributed by atoms with Crippen LogP contribution in [0.4, 0.5) is 0 Å². The lowest BCUT2D eigenvalue weighted by atomic mass is 9.96. The van der Waals surface area contributed by atoms with E-state index in [2.05, 4.69) is 44.0 Å². The van der Waals surface area contributed by atoms with Crippen LogP contribution in [0.2, 0.25) is 0 Å². The second kappa shape index (κ2) is 5.40. The molecule has 0 heterocycles. The van der Waals surface area contributed by atoms with Gasteiger partial charge in [-0.25, -0.2) is 0 Å². The lowest BCUT2D eigenvalue weighted by Gasteiger charge is -2.09. The highest BCUT2D eigenvalue weighted by Gasteiger charge is 2.10. The third kappa shape index (κ3) is 2.26. The highest BCUT2D eigenvalue weighted by Crippen LogP contribution is 2.35. The van der Waals surface area contributed by atoms with Crippen LogP contribution < -0.4 is 0 Å². The van der Waals surface area contributed by atoms with Crippen LogP contribution in [0.25, 0.3) is 21.9 Å². The average Bonchev–Trinajstić information content (AvgIpc) is 2.51. The third-order valence-corrected chi connectivity index (χ3v) is 4.64.